The third kappa shape index (κ3) is 7.19. The van der Waals surface area contributed by atoms with Gasteiger partial charge in [-0.3, -0.25) is 9.89 Å². The molecule has 0 aromatic heterocycles. The molecule has 0 saturated carbocycles. The van der Waals surface area contributed by atoms with Gasteiger partial charge in [0.1, 0.15) is 0 Å². The van der Waals surface area contributed by atoms with Crippen molar-refractivity contribution in [2.24, 2.45) is 10.9 Å². The van der Waals surface area contributed by atoms with Crippen LogP contribution in [0.25, 0.3) is 0 Å². The Morgan fingerprint density at radius 2 is 1.68 bits per heavy atom. The summed E-state index contributed by atoms with van der Waals surface area (Å²) in [5, 5.41) is 7.09. The minimum Gasteiger partial charge on any atom is -0.373 e. The van der Waals surface area contributed by atoms with E-state index in [2.05, 4.69) is 95.0 Å². The van der Waals surface area contributed by atoms with Crippen molar-refractivity contribution in [2.75, 3.05) is 39.8 Å². The van der Waals surface area contributed by atoms with Crippen LogP contribution in [0.2, 0.25) is 0 Å². The van der Waals surface area contributed by atoms with Crippen LogP contribution in [0.1, 0.15) is 43.5 Å². The van der Waals surface area contributed by atoms with Gasteiger partial charge in [0.25, 0.3) is 0 Å². The van der Waals surface area contributed by atoms with Crippen molar-refractivity contribution in [2.45, 2.75) is 32.4 Å². The van der Waals surface area contributed by atoms with E-state index in [4.69, 9.17) is 4.74 Å². The van der Waals surface area contributed by atoms with Gasteiger partial charge in [0.2, 0.25) is 0 Å². The first kappa shape index (κ1) is 25.6. The number of rotatable bonds is 9. The molecule has 0 bridgehead atoms. The van der Waals surface area contributed by atoms with Crippen molar-refractivity contribution in [1.82, 2.24) is 15.5 Å². The number of ether oxygens (including phenoxy) is 1. The Hall–Kier alpha value is -1.64. The summed E-state index contributed by atoms with van der Waals surface area (Å²) in [5.41, 5.74) is 2.59. The molecule has 3 atom stereocenters. The van der Waals surface area contributed by atoms with Crippen molar-refractivity contribution in [3.05, 3.63) is 71.8 Å². The zero-order chi connectivity index (χ0) is 21.2. The quantitative estimate of drug-likeness (QED) is 0.279. The van der Waals surface area contributed by atoms with E-state index in [1.807, 2.05) is 7.05 Å². The van der Waals surface area contributed by atoms with Crippen molar-refractivity contribution in [3.8, 4) is 0 Å². The highest BCUT2D eigenvalue weighted by molar-refractivity contribution is 14.0. The second kappa shape index (κ2) is 13.7. The lowest BCUT2D eigenvalue weighted by Crippen LogP contribution is -2.44. The normalized spacial score (nSPS) is 19.7. The molecule has 1 aliphatic rings. The summed E-state index contributed by atoms with van der Waals surface area (Å²) in [6.45, 7) is 8.95. The van der Waals surface area contributed by atoms with E-state index in [9.17, 15) is 0 Å². The van der Waals surface area contributed by atoms with Crippen molar-refractivity contribution >= 4 is 29.9 Å². The summed E-state index contributed by atoms with van der Waals surface area (Å²) < 4.78 is 6.03. The topological polar surface area (TPSA) is 48.9 Å². The predicted octanol–water partition coefficient (Wildman–Crippen LogP) is 4.63. The lowest BCUT2D eigenvalue weighted by Gasteiger charge is -2.31. The molecule has 1 heterocycles. The van der Waals surface area contributed by atoms with Gasteiger partial charge in [0, 0.05) is 32.7 Å². The fourth-order valence-corrected chi connectivity index (χ4v) is 4.29. The van der Waals surface area contributed by atoms with Crippen LogP contribution < -0.4 is 10.6 Å². The third-order valence-corrected chi connectivity index (χ3v) is 6.00. The highest BCUT2D eigenvalue weighted by Crippen LogP contribution is 2.33. The molecule has 1 aliphatic heterocycles. The standard InChI is InChI=1S/C25H36N4O.HI/c1-4-29(5-2)23(20-12-8-6-9-13-20)19-28-25(26-3)27-18-22-16-17-30-24(22)21-14-10-7-11-15-21;/h6-15,22-24H,4-5,16-19H2,1-3H3,(H2,26,27,28);1H. The number of hydrogen-bond donors (Lipinski definition) is 2. The maximum atomic E-state index is 6.03. The number of nitrogens with zero attached hydrogens (tertiary/aromatic N) is 2. The van der Waals surface area contributed by atoms with Crippen molar-refractivity contribution < 1.29 is 4.74 Å². The molecule has 3 unspecified atom stereocenters. The molecule has 3 rings (SSSR count). The van der Waals surface area contributed by atoms with Gasteiger partial charge in [-0.05, 0) is 30.6 Å². The third-order valence-electron chi connectivity index (χ3n) is 6.00. The van der Waals surface area contributed by atoms with Gasteiger partial charge >= 0.3 is 0 Å². The van der Waals surface area contributed by atoms with Crippen LogP contribution in [0, 0.1) is 5.92 Å². The monoisotopic (exact) mass is 536 g/mol. The maximum Gasteiger partial charge on any atom is 0.191 e. The van der Waals surface area contributed by atoms with E-state index in [1.165, 1.54) is 11.1 Å². The summed E-state index contributed by atoms with van der Waals surface area (Å²) in [6.07, 6.45) is 1.22. The van der Waals surface area contributed by atoms with Gasteiger partial charge < -0.3 is 15.4 Å². The molecule has 170 valence electrons. The van der Waals surface area contributed by atoms with Crippen LogP contribution in [-0.2, 0) is 4.74 Å². The molecule has 0 spiro atoms. The molecule has 0 amide bonds. The summed E-state index contributed by atoms with van der Waals surface area (Å²) in [5.74, 6) is 1.29. The van der Waals surface area contributed by atoms with Gasteiger partial charge in [-0.15, -0.1) is 24.0 Å². The summed E-state index contributed by atoms with van der Waals surface area (Å²) in [6, 6.07) is 21.6. The number of likely N-dealkylation sites (N-methyl/N-ethyl adjacent to an activating group) is 1. The number of guanidine groups is 1. The molecular formula is C25H37IN4O. The fraction of sp³-hybridized carbons (Fsp3) is 0.480. The van der Waals surface area contributed by atoms with Crippen LogP contribution >= 0.6 is 24.0 Å². The van der Waals surface area contributed by atoms with E-state index >= 15 is 0 Å². The van der Waals surface area contributed by atoms with Gasteiger partial charge in [0.15, 0.2) is 5.96 Å². The molecule has 2 aromatic rings. The summed E-state index contributed by atoms with van der Waals surface area (Å²) in [7, 11) is 1.84. The number of hydrogen-bond acceptors (Lipinski definition) is 3. The number of halogens is 1. The number of benzene rings is 2. The average molecular weight is 537 g/mol. The first-order chi connectivity index (χ1) is 14.8. The minimum absolute atomic E-state index is 0. The Kier molecular flexibility index (Phi) is 11.3. The van der Waals surface area contributed by atoms with Crippen LogP contribution in [0.3, 0.4) is 0 Å². The molecule has 5 nitrogen and oxygen atoms in total. The summed E-state index contributed by atoms with van der Waals surface area (Å²) >= 11 is 0. The highest BCUT2D eigenvalue weighted by atomic mass is 127. The highest BCUT2D eigenvalue weighted by Gasteiger charge is 2.29. The molecule has 1 fully saturated rings. The molecule has 0 aliphatic carbocycles. The first-order valence-electron chi connectivity index (χ1n) is 11.2. The van der Waals surface area contributed by atoms with E-state index in [0.717, 1.165) is 45.2 Å². The zero-order valence-corrected chi connectivity index (χ0v) is 21.3. The smallest absolute Gasteiger partial charge is 0.191 e. The van der Waals surface area contributed by atoms with E-state index in [-0.39, 0.29) is 30.1 Å². The molecule has 31 heavy (non-hydrogen) atoms. The lowest BCUT2D eigenvalue weighted by atomic mass is 9.95. The van der Waals surface area contributed by atoms with Crippen molar-refractivity contribution in [1.29, 1.82) is 0 Å². The van der Waals surface area contributed by atoms with E-state index in [1.54, 1.807) is 0 Å². The van der Waals surface area contributed by atoms with Crippen LogP contribution in [0.5, 0.6) is 0 Å². The Bertz CT molecular complexity index is 768. The lowest BCUT2D eigenvalue weighted by molar-refractivity contribution is 0.0915. The van der Waals surface area contributed by atoms with Gasteiger partial charge in [-0.1, -0.05) is 74.5 Å². The SMILES string of the molecule is CCN(CC)C(CNC(=NC)NCC1CCOC1c1ccccc1)c1ccccc1.I. The molecule has 2 N–H and O–H groups in total. The molecular weight excluding hydrogens is 499 g/mol. The van der Waals surface area contributed by atoms with Crippen LogP contribution in [0.4, 0.5) is 0 Å². The molecule has 1 saturated heterocycles. The molecule has 6 heteroatoms. The Morgan fingerprint density at radius 3 is 2.29 bits per heavy atom. The van der Waals surface area contributed by atoms with Gasteiger partial charge in [-0.2, -0.15) is 0 Å². The second-order valence-corrected chi connectivity index (χ2v) is 7.73. The Labute approximate surface area is 204 Å². The minimum atomic E-state index is 0. The summed E-state index contributed by atoms with van der Waals surface area (Å²) in [4.78, 5) is 6.94. The Balaban J connectivity index is 0.00000341. The number of nitrogens with one attached hydrogen (secondary N) is 2. The molecule has 2 aromatic carbocycles. The van der Waals surface area contributed by atoms with E-state index < -0.39 is 0 Å². The predicted molar refractivity (Wildman–Crippen MR) is 140 cm³/mol. The van der Waals surface area contributed by atoms with Gasteiger partial charge in [0.05, 0.1) is 12.1 Å². The van der Waals surface area contributed by atoms with Crippen molar-refractivity contribution in [3.63, 3.8) is 0 Å². The van der Waals surface area contributed by atoms with Crippen LogP contribution in [-0.4, -0.2) is 50.7 Å². The maximum absolute atomic E-state index is 6.03. The largest absolute Gasteiger partial charge is 0.373 e. The fourth-order valence-electron chi connectivity index (χ4n) is 4.29. The van der Waals surface area contributed by atoms with Gasteiger partial charge in [-0.25, -0.2) is 0 Å². The second-order valence-electron chi connectivity index (χ2n) is 7.73. The number of aliphatic imine (C=N–C) groups is 1. The average Bonchev–Trinajstić information content (AvgIpc) is 3.28. The zero-order valence-electron chi connectivity index (χ0n) is 19.0. The first-order valence-corrected chi connectivity index (χ1v) is 11.2. The van der Waals surface area contributed by atoms with Crippen LogP contribution in [0.15, 0.2) is 65.7 Å². The Morgan fingerprint density at radius 1 is 1.03 bits per heavy atom. The van der Waals surface area contributed by atoms with E-state index in [0.29, 0.717) is 12.0 Å². The molecule has 0 radical (unpaired) electrons.